The fourth-order valence-corrected chi connectivity index (χ4v) is 4.23. The van der Waals surface area contributed by atoms with Crippen LogP contribution in [-0.4, -0.2) is 28.5 Å². The Morgan fingerprint density at radius 2 is 1.48 bits per heavy atom. The van der Waals surface area contributed by atoms with Gasteiger partial charge in [-0.3, -0.25) is 9.10 Å². The van der Waals surface area contributed by atoms with Gasteiger partial charge < -0.3 is 10.1 Å². The van der Waals surface area contributed by atoms with Gasteiger partial charge in [0.15, 0.2) is 0 Å². The zero-order valence-corrected chi connectivity index (χ0v) is 18.6. The molecule has 0 saturated heterocycles. The number of anilines is 1. The topological polar surface area (TPSA) is 75.7 Å². The van der Waals surface area contributed by atoms with Crippen LogP contribution in [0.3, 0.4) is 0 Å². The lowest BCUT2D eigenvalue weighted by Crippen LogP contribution is -2.27. The summed E-state index contributed by atoms with van der Waals surface area (Å²) in [7, 11) is -0.527. The predicted molar refractivity (Wildman–Crippen MR) is 122 cm³/mol. The van der Waals surface area contributed by atoms with Crippen molar-refractivity contribution in [2.45, 2.75) is 25.0 Å². The van der Waals surface area contributed by atoms with E-state index in [2.05, 4.69) is 5.32 Å². The van der Waals surface area contributed by atoms with Crippen molar-refractivity contribution >= 4 is 21.6 Å². The zero-order chi connectivity index (χ0) is 22.4. The molecule has 3 rings (SSSR count). The molecule has 6 nitrogen and oxygen atoms in total. The predicted octanol–water partition coefficient (Wildman–Crippen LogP) is 3.90. The van der Waals surface area contributed by atoms with E-state index in [9.17, 15) is 13.2 Å². The maximum atomic E-state index is 12.8. The van der Waals surface area contributed by atoms with Crippen LogP contribution in [0.25, 0.3) is 0 Å². The summed E-state index contributed by atoms with van der Waals surface area (Å²) in [5.74, 6) is -0.225. The Kier molecular flexibility index (Phi) is 7.09. The molecule has 0 spiro atoms. The number of carbonyl (C=O) groups is 1. The van der Waals surface area contributed by atoms with E-state index in [1.54, 1.807) is 55.6 Å². The molecular weight excluding hydrogens is 412 g/mol. The highest BCUT2D eigenvalue weighted by Crippen LogP contribution is 2.22. The van der Waals surface area contributed by atoms with E-state index in [0.717, 1.165) is 16.7 Å². The SMILES string of the molecule is COCc1ccc(CNC(=O)c2ccc(N(C)S(=O)(=O)c3ccc(C)cc3)cc2)cc1. The molecule has 3 aromatic rings. The molecule has 0 saturated carbocycles. The van der Waals surface area contributed by atoms with Gasteiger partial charge in [-0.2, -0.15) is 0 Å². The second-order valence-corrected chi connectivity index (χ2v) is 9.23. The molecular formula is C24H26N2O4S. The van der Waals surface area contributed by atoms with Gasteiger partial charge in [-0.15, -0.1) is 0 Å². The average molecular weight is 439 g/mol. The van der Waals surface area contributed by atoms with Crippen LogP contribution >= 0.6 is 0 Å². The standard InChI is InChI=1S/C24H26N2O4S/c1-18-4-14-23(15-5-18)31(28,29)26(2)22-12-10-21(11-13-22)24(27)25-16-19-6-8-20(9-7-19)17-30-3/h4-15H,16-17H2,1-3H3,(H,25,27). The van der Waals surface area contributed by atoms with Gasteiger partial charge in [0, 0.05) is 26.3 Å². The second-order valence-electron chi connectivity index (χ2n) is 7.26. The van der Waals surface area contributed by atoms with Crippen molar-refractivity contribution in [3.63, 3.8) is 0 Å². The van der Waals surface area contributed by atoms with Gasteiger partial charge in [-0.25, -0.2) is 8.42 Å². The van der Waals surface area contributed by atoms with E-state index in [-0.39, 0.29) is 10.8 Å². The van der Waals surface area contributed by atoms with Crippen molar-refractivity contribution in [1.82, 2.24) is 5.32 Å². The van der Waals surface area contributed by atoms with E-state index < -0.39 is 10.0 Å². The van der Waals surface area contributed by atoms with Gasteiger partial charge in [0.2, 0.25) is 0 Å². The highest BCUT2D eigenvalue weighted by molar-refractivity contribution is 7.92. The van der Waals surface area contributed by atoms with Crippen LogP contribution < -0.4 is 9.62 Å². The number of nitrogens with one attached hydrogen (secondary N) is 1. The Labute approximate surface area is 183 Å². The summed E-state index contributed by atoms with van der Waals surface area (Å²) in [6, 6.07) is 21.0. The molecule has 1 N–H and O–H groups in total. The van der Waals surface area contributed by atoms with Crippen LogP contribution in [0, 0.1) is 6.92 Å². The molecule has 0 atom stereocenters. The molecule has 3 aromatic carbocycles. The smallest absolute Gasteiger partial charge is 0.264 e. The van der Waals surface area contributed by atoms with E-state index >= 15 is 0 Å². The largest absolute Gasteiger partial charge is 0.380 e. The summed E-state index contributed by atoms with van der Waals surface area (Å²) < 4.78 is 32.0. The van der Waals surface area contributed by atoms with Gasteiger partial charge >= 0.3 is 0 Å². The number of aryl methyl sites for hydroxylation is 1. The van der Waals surface area contributed by atoms with Gasteiger partial charge in [-0.1, -0.05) is 42.0 Å². The normalized spacial score (nSPS) is 11.2. The molecule has 0 fully saturated rings. The first-order valence-corrected chi connectivity index (χ1v) is 11.3. The summed E-state index contributed by atoms with van der Waals surface area (Å²) in [6.45, 7) is 2.85. The summed E-state index contributed by atoms with van der Waals surface area (Å²) >= 11 is 0. The van der Waals surface area contributed by atoms with E-state index in [1.807, 2.05) is 31.2 Å². The van der Waals surface area contributed by atoms with Crippen LogP contribution in [0.5, 0.6) is 0 Å². The molecule has 0 aliphatic heterocycles. The molecule has 7 heteroatoms. The number of ether oxygens (including phenoxy) is 1. The third-order valence-electron chi connectivity index (χ3n) is 4.96. The molecule has 0 heterocycles. The number of sulfonamides is 1. The highest BCUT2D eigenvalue weighted by Gasteiger charge is 2.21. The van der Waals surface area contributed by atoms with Crippen molar-refractivity contribution in [3.8, 4) is 0 Å². The molecule has 0 aliphatic rings. The zero-order valence-electron chi connectivity index (χ0n) is 17.8. The van der Waals surface area contributed by atoms with Gasteiger partial charge in [0.25, 0.3) is 15.9 Å². The Hall–Kier alpha value is -3.16. The first kappa shape index (κ1) is 22.5. The van der Waals surface area contributed by atoms with Gasteiger partial charge in [0.05, 0.1) is 17.2 Å². The van der Waals surface area contributed by atoms with E-state index in [1.165, 1.54) is 11.4 Å². The van der Waals surface area contributed by atoms with Crippen LogP contribution in [0.4, 0.5) is 5.69 Å². The Morgan fingerprint density at radius 1 is 0.903 bits per heavy atom. The van der Waals surface area contributed by atoms with Crippen molar-refractivity contribution in [1.29, 1.82) is 0 Å². The van der Waals surface area contributed by atoms with Crippen LogP contribution in [0.15, 0.2) is 77.7 Å². The first-order valence-electron chi connectivity index (χ1n) is 9.82. The average Bonchev–Trinajstić information content (AvgIpc) is 2.78. The molecule has 0 bridgehead atoms. The number of amides is 1. The molecule has 0 aliphatic carbocycles. The monoisotopic (exact) mass is 438 g/mol. The minimum atomic E-state index is -3.67. The maximum absolute atomic E-state index is 12.8. The number of hydrogen-bond donors (Lipinski definition) is 1. The minimum absolute atomic E-state index is 0.221. The first-order chi connectivity index (χ1) is 14.8. The number of benzene rings is 3. The van der Waals surface area contributed by atoms with Crippen LogP contribution in [-0.2, 0) is 27.9 Å². The van der Waals surface area contributed by atoms with Crippen molar-refractivity contribution < 1.29 is 17.9 Å². The molecule has 1 amide bonds. The molecule has 0 aromatic heterocycles. The number of hydrogen-bond acceptors (Lipinski definition) is 4. The lowest BCUT2D eigenvalue weighted by molar-refractivity contribution is 0.0951. The lowest BCUT2D eigenvalue weighted by atomic mass is 10.1. The second kappa shape index (κ2) is 9.76. The Bertz CT molecular complexity index is 1120. The number of nitrogens with zero attached hydrogens (tertiary/aromatic N) is 1. The number of carbonyl (C=O) groups excluding carboxylic acids is 1. The van der Waals surface area contributed by atoms with Crippen LogP contribution in [0.1, 0.15) is 27.0 Å². The van der Waals surface area contributed by atoms with E-state index in [0.29, 0.717) is 24.4 Å². The maximum Gasteiger partial charge on any atom is 0.264 e. The summed E-state index contributed by atoms with van der Waals surface area (Å²) in [4.78, 5) is 12.7. The van der Waals surface area contributed by atoms with Crippen molar-refractivity contribution in [2.24, 2.45) is 0 Å². The number of methoxy groups -OCH3 is 1. The number of rotatable bonds is 8. The van der Waals surface area contributed by atoms with Crippen LogP contribution in [0.2, 0.25) is 0 Å². The molecule has 0 unspecified atom stereocenters. The summed E-state index contributed by atoms with van der Waals surface area (Å²) in [5, 5.41) is 2.87. The Balaban J connectivity index is 1.64. The summed E-state index contributed by atoms with van der Waals surface area (Å²) in [6.07, 6.45) is 0. The summed E-state index contributed by atoms with van der Waals surface area (Å²) in [5.41, 5.74) is 3.97. The fourth-order valence-electron chi connectivity index (χ4n) is 3.03. The lowest BCUT2D eigenvalue weighted by Gasteiger charge is -2.20. The van der Waals surface area contributed by atoms with Gasteiger partial charge in [0.1, 0.15) is 0 Å². The quantitative estimate of drug-likeness (QED) is 0.579. The third kappa shape index (κ3) is 5.51. The highest BCUT2D eigenvalue weighted by atomic mass is 32.2. The fraction of sp³-hybridized carbons (Fsp3) is 0.208. The molecule has 0 radical (unpaired) electrons. The third-order valence-corrected chi connectivity index (χ3v) is 6.76. The van der Waals surface area contributed by atoms with Crippen molar-refractivity contribution in [2.75, 3.05) is 18.5 Å². The molecule has 31 heavy (non-hydrogen) atoms. The van der Waals surface area contributed by atoms with Gasteiger partial charge in [-0.05, 0) is 54.4 Å². The Morgan fingerprint density at radius 3 is 2.06 bits per heavy atom. The van der Waals surface area contributed by atoms with E-state index in [4.69, 9.17) is 4.74 Å². The minimum Gasteiger partial charge on any atom is -0.380 e. The van der Waals surface area contributed by atoms with Crippen molar-refractivity contribution in [3.05, 3.63) is 95.1 Å². The molecule has 162 valence electrons.